The number of hydrogen-bond donors (Lipinski definition) is 0. The van der Waals surface area contributed by atoms with E-state index in [4.69, 9.17) is 0 Å². The maximum Gasteiger partial charge on any atom is 0.258 e. The summed E-state index contributed by atoms with van der Waals surface area (Å²) in [5.41, 5.74) is 3.65. The van der Waals surface area contributed by atoms with Crippen LogP contribution in [0.3, 0.4) is 0 Å². The number of carbonyl (C=O) groups excluding carboxylic acids is 2. The van der Waals surface area contributed by atoms with E-state index in [1.165, 1.54) is 25.0 Å². The van der Waals surface area contributed by atoms with E-state index in [9.17, 15) is 9.59 Å². The van der Waals surface area contributed by atoms with Crippen molar-refractivity contribution in [2.45, 2.75) is 32.1 Å². The van der Waals surface area contributed by atoms with E-state index in [0.29, 0.717) is 22.7 Å². The second-order valence-electron chi connectivity index (χ2n) is 7.83. The van der Waals surface area contributed by atoms with E-state index in [-0.39, 0.29) is 11.7 Å². The molecule has 5 heteroatoms. The lowest BCUT2D eigenvalue weighted by atomic mass is 9.84. The van der Waals surface area contributed by atoms with Gasteiger partial charge in [-0.3, -0.25) is 14.0 Å². The Hall–Kier alpha value is -3.21. The van der Waals surface area contributed by atoms with Gasteiger partial charge in [0.15, 0.2) is 0 Å². The van der Waals surface area contributed by atoms with Crippen molar-refractivity contribution in [1.82, 2.24) is 14.3 Å². The number of hydrogen-bond acceptors (Lipinski definition) is 3. The van der Waals surface area contributed by atoms with Crippen molar-refractivity contribution >= 4 is 17.3 Å². The smallest absolute Gasteiger partial charge is 0.258 e. The van der Waals surface area contributed by atoms with E-state index < -0.39 is 0 Å². The van der Waals surface area contributed by atoms with Gasteiger partial charge in [0.1, 0.15) is 11.3 Å². The topological polar surface area (TPSA) is 54.7 Å². The number of aromatic nitrogens is 2. The summed E-state index contributed by atoms with van der Waals surface area (Å²) in [5, 5.41) is 0. The highest BCUT2D eigenvalue weighted by atomic mass is 16.2. The lowest BCUT2D eigenvalue weighted by Crippen LogP contribution is -2.39. The Morgan fingerprint density at radius 3 is 2.62 bits per heavy atom. The number of rotatable bonds is 3. The minimum atomic E-state index is -0.101. The molecule has 0 bridgehead atoms. The Bertz CT molecular complexity index is 1110. The van der Waals surface area contributed by atoms with Crippen LogP contribution in [0, 0.1) is 5.92 Å². The highest BCUT2D eigenvalue weighted by Crippen LogP contribution is 2.35. The second kappa shape index (κ2) is 7.32. The molecule has 1 fully saturated rings. The average Bonchev–Trinajstić information content (AvgIpc) is 3.22. The molecule has 0 spiro atoms. The number of nitrogens with zero attached hydrogens (tertiary/aromatic N) is 3. The van der Waals surface area contributed by atoms with E-state index in [0.717, 1.165) is 25.0 Å². The summed E-state index contributed by atoms with van der Waals surface area (Å²) < 4.78 is 1.78. The van der Waals surface area contributed by atoms with Crippen molar-refractivity contribution < 1.29 is 9.59 Å². The van der Waals surface area contributed by atoms with E-state index in [1.807, 2.05) is 29.3 Å². The van der Waals surface area contributed by atoms with Crippen LogP contribution in [0.15, 0.2) is 66.6 Å². The summed E-state index contributed by atoms with van der Waals surface area (Å²) >= 11 is 0. The number of carbonyl (C=O) groups is 2. The number of fused-ring (bicyclic) bond motifs is 2. The van der Waals surface area contributed by atoms with Crippen LogP contribution in [-0.2, 0) is 0 Å². The van der Waals surface area contributed by atoms with Gasteiger partial charge < -0.3 is 4.90 Å². The molecule has 2 aliphatic rings. The number of ketones is 1. The summed E-state index contributed by atoms with van der Waals surface area (Å²) in [5.74, 6) is 0.463. The summed E-state index contributed by atoms with van der Waals surface area (Å²) in [6.45, 7) is 0.781. The third-order valence-electron chi connectivity index (χ3n) is 6.06. The molecular formula is C24H23N3O2. The van der Waals surface area contributed by atoms with Crippen molar-refractivity contribution in [2.75, 3.05) is 6.54 Å². The quantitative estimate of drug-likeness (QED) is 0.625. The molecule has 0 saturated carbocycles. The predicted molar refractivity (Wildman–Crippen MR) is 111 cm³/mol. The highest BCUT2D eigenvalue weighted by Gasteiger charge is 2.30. The monoisotopic (exact) mass is 385 g/mol. The minimum Gasteiger partial charge on any atom is -0.312 e. The Morgan fingerprint density at radius 1 is 0.966 bits per heavy atom. The molecule has 3 aromatic rings. The van der Waals surface area contributed by atoms with E-state index in [2.05, 4.69) is 11.1 Å². The fourth-order valence-corrected chi connectivity index (χ4v) is 4.56. The van der Waals surface area contributed by atoms with Gasteiger partial charge in [0.05, 0.1) is 6.20 Å². The van der Waals surface area contributed by atoms with Crippen LogP contribution in [-0.4, -0.2) is 32.5 Å². The fourth-order valence-electron chi connectivity index (χ4n) is 4.56. The standard InChI is InChI=1S/C24H23N3O2/c28-23(21-16-25-22-9-3-4-14-26(21)22)18-10-12-19(13-11-18)24(29)27-15-5-7-17-6-1-2-8-20(17)27/h3-4,8-14,16-17H,1-2,5-7,15H2. The molecule has 1 atom stereocenters. The molecular weight excluding hydrogens is 362 g/mol. The number of piperidine rings is 1. The molecule has 0 N–H and O–H groups in total. The van der Waals surface area contributed by atoms with Crippen molar-refractivity contribution in [3.05, 3.63) is 83.5 Å². The van der Waals surface area contributed by atoms with Gasteiger partial charge in [-0.25, -0.2) is 4.98 Å². The van der Waals surface area contributed by atoms with Crippen molar-refractivity contribution in [3.63, 3.8) is 0 Å². The molecule has 3 heterocycles. The summed E-state index contributed by atoms with van der Waals surface area (Å²) in [6.07, 6.45) is 11.4. The molecule has 5 nitrogen and oxygen atoms in total. The SMILES string of the molecule is O=C(c1ccc(C(=O)N2CCCC3CCCC=C32)cc1)c1cnc2ccccn12. The molecule has 0 radical (unpaired) electrons. The van der Waals surface area contributed by atoms with E-state index in [1.54, 1.807) is 34.9 Å². The molecule has 1 aliphatic carbocycles. The second-order valence-corrected chi connectivity index (χ2v) is 7.83. The first kappa shape index (κ1) is 17.9. The first-order chi connectivity index (χ1) is 14.2. The maximum absolute atomic E-state index is 13.1. The Morgan fingerprint density at radius 2 is 1.76 bits per heavy atom. The first-order valence-corrected chi connectivity index (χ1v) is 10.3. The Kier molecular flexibility index (Phi) is 4.51. The van der Waals surface area contributed by atoms with Crippen LogP contribution in [0.4, 0.5) is 0 Å². The van der Waals surface area contributed by atoms with Gasteiger partial charge in [-0.15, -0.1) is 0 Å². The highest BCUT2D eigenvalue weighted by molar-refractivity contribution is 6.08. The van der Waals surface area contributed by atoms with Gasteiger partial charge in [-0.05, 0) is 62.3 Å². The molecule has 146 valence electrons. The molecule has 29 heavy (non-hydrogen) atoms. The van der Waals surface area contributed by atoms with Gasteiger partial charge in [0, 0.05) is 29.6 Å². The number of amides is 1. The van der Waals surface area contributed by atoms with Crippen LogP contribution in [0.25, 0.3) is 5.65 Å². The summed E-state index contributed by atoms with van der Waals surface area (Å²) in [6, 6.07) is 12.7. The van der Waals surface area contributed by atoms with Gasteiger partial charge >= 0.3 is 0 Å². The first-order valence-electron chi connectivity index (χ1n) is 10.3. The molecule has 2 aromatic heterocycles. The van der Waals surface area contributed by atoms with Gasteiger partial charge in [0.2, 0.25) is 5.78 Å². The molecule has 1 aromatic carbocycles. The number of likely N-dealkylation sites (tertiary alicyclic amines) is 1. The van der Waals surface area contributed by atoms with Crippen LogP contribution in [0.5, 0.6) is 0 Å². The summed E-state index contributed by atoms with van der Waals surface area (Å²) in [7, 11) is 0. The largest absolute Gasteiger partial charge is 0.312 e. The zero-order valence-electron chi connectivity index (χ0n) is 16.3. The van der Waals surface area contributed by atoms with Gasteiger partial charge in [0.25, 0.3) is 5.91 Å². The summed E-state index contributed by atoms with van der Waals surface area (Å²) in [4.78, 5) is 32.3. The molecule has 1 saturated heterocycles. The molecule has 1 unspecified atom stereocenters. The van der Waals surface area contributed by atoms with E-state index >= 15 is 0 Å². The molecule has 1 aliphatic heterocycles. The number of benzene rings is 1. The van der Waals surface area contributed by atoms with Crippen LogP contribution in [0.1, 0.15) is 58.5 Å². The zero-order chi connectivity index (χ0) is 19.8. The maximum atomic E-state index is 13.1. The molecule has 5 rings (SSSR count). The number of allylic oxidation sites excluding steroid dienone is 2. The van der Waals surface area contributed by atoms with Crippen LogP contribution >= 0.6 is 0 Å². The van der Waals surface area contributed by atoms with Crippen molar-refractivity contribution in [2.24, 2.45) is 5.92 Å². The number of imidazole rings is 1. The Labute approximate surface area is 169 Å². The predicted octanol–water partition coefficient (Wildman–Crippen LogP) is 4.49. The lowest BCUT2D eigenvalue weighted by Gasteiger charge is -2.38. The van der Waals surface area contributed by atoms with Gasteiger partial charge in [-0.2, -0.15) is 0 Å². The van der Waals surface area contributed by atoms with Crippen LogP contribution < -0.4 is 0 Å². The third-order valence-corrected chi connectivity index (χ3v) is 6.06. The average molecular weight is 385 g/mol. The van der Waals surface area contributed by atoms with Crippen LogP contribution in [0.2, 0.25) is 0 Å². The van der Waals surface area contributed by atoms with Crippen molar-refractivity contribution in [3.8, 4) is 0 Å². The van der Waals surface area contributed by atoms with Gasteiger partial charge in [-0.1, -0.05) is 24.3 Å². The Balaban J connectivity index is 1.39. The fraction of sp³-hybridized carbons (Fsp3) is 0.292. The minimum absolute atomic E-state index is 0.0386. The number of pyridine rings is 1. The molecule has 1 amide bonds. The third kappa shape index (κ3) is 3.16. The van der Waals surface area contributed by atoms with Crippen molar-refractivity contribution in [1.29, 1.82) is 0 Å². The lowest BCUT2D eigenvalue weighted by molar-refractivity contribution is 0.0748. The normalized spacial score (nSPS) is 19.0. The zero-order valence-corrected chi connectivity index (χ0v) is 16.3.